The summed E-state index contributed by atoms with van der Waals surface area (Å²) in [4.78, 5) is 0. The second-order valence-corrected chi connectivity index (χ2v) is 6.09. The van der Waals surface area contributed by atoms with Crippen LogP contribution in [0, 0.1) is 17.3 Å². The van der Waals surface area contributed by atoms with E-state index in [1.165, 1.54) is 31.2 Å². The molecule has 1 heterocycles. The molecule has 0 radical (unpaired) electrons. The fourth-order valence-electron chi connectivity index (χ4n) is 3.40. The highest BCUT2D eigenvalue weighted by molar-refractivity contribution is 6.18. The maximum absolute atomic E-state index is 6.20. The molecule has 2 atom stereocenters. The van der Waals surface area contributed by atoms with E-state index in [0.717, 1.165) is 24.1 Å². The molecule has 0 bridgehead atoms. The highest BCUT2D eigenvalue weighted by Gasteiger charge is 2.52. The van der Waals surface area contributed by atoms with Crippen LogP contribution < -0.4 is 0 Å². The molecule has 88 valence electrons. The van der Waals surface area contributed by atoms with Gasteiger partial charge < -0.3 is 0 Å². The van der Waals surface area contributed by atoms with E-state index in [1.807, 2.05) is 17.9 Å². The fraction of sp³-hybridized carbons (Fsp3) is 0.769. The summed E-state index contributed by atoms with van der Waals surface area (Å²) in [6, 6.07) is 0. The summed E-state index contributed by atoms with van der Waals surface area (Å²) in [5.41, 5.74) is 1.80. The molecule has 2 fully saturated rings. The van der Waals surface area contributed by atoms with Crippen LogP contribution in [0.15, 0.2) is 12.4 Å². The first-order chi connectivity index (χ1) is 7.71. The predicted molar refractivity (Wildman–Crippen MR) is 65.5 cm³/mol. The Morgan fingerprint density at radius 2 is 2.25 bits per heavy atom. The van der Waals surface area contributed by atoms with Gasteiger partial charge in [-0.25, -0.2) is 0 Å². The van der Waals surface area contributed by atoms with E-state index in [4.69, 9.17) is 11.6 Å². The van der Waals surface area contributed by atoms with Crippen molar-refractivity contribution < 1.29 is 0 Å². The summed E-state index contributed by atoms with van der Waals surface area (Å²) in [7, 11) is 1.98. The highest BCUT2D eigenvalue weighted by atomic mass is 35.5. The van der Waals surface area contributed by atoms with Crippen LogP contribution in [0.5, 0.6) is 0 Å². The van der Waals surface area contributed by atoms with Crippen molar-refractivity contribution in [3.63, 3.8) is 0 Å². The molecular formula is C13H19ClN2. The maximum Gasteiger partial charge on any atom is 0.0521 e. The molecule has 0 amide bonds. The number of rotatable bonds is 4. The third-order valence-corrected chi connectivity index (χ3v) is 5.01. The van der Waals surface area contributed by atoms with Crippen LogP contribution in [-0.2, 0) is 13.5 Å². The normalized spacial score (nSPS) is 36.4. The van der Waals surface area contributed by atoms with Crippen LogP contribution >= 0.6 is 11.6 Å². The second-order valence-electron chi connectivity index (χ2n) is 5.82. The van der Waals surface area contributed by atoms with Crippen LogP contribution in [0.3, 0.4) is 0 Å². The van der Waals surface area contributed by atoms with E-state index < -0.39 is 0 Å². The van der Waals surface area contributed by atoms with Crippen LogP contribution in [0.2, 0.25) is 0 Å². The third kappa shape index (κ3) is 1.88. The first kappa shape index (κ1) is 10.6. The molecule has 0 aliphatic heterocycles. The van der Waals surface area contributed by atoms with Gasteiger partial charge in [0.25, 0.3) is 0 Å². The number of aryl methyl sites for hydroxylation is 2. The van der Waals surface area contributed by atoms with Gasteiger partial charge in [-0.2, -0.15) is 5.10 Å². The van der Waals surface area contributed by atoms with E-state index in [0.29, 0.717) is 5.41 Å². The molecule has 0 saturated heterocycles. The molecule has 0 spiro atoms. The molecule has 16 heavy (non-hydrogen) atoms. The van der Waals surface area contributed by atoms with E-state index in [-0.39, 0.29) is 0 Å². The zero-order valence-electron chi connectivity index (χ0n) is 9.82. The van der Waals surface area contributed by atoms with Gasteiger partial charge in [0.1, 0.15) is 0 Å². The average Bonchev–Trinajstić information content (AvgIpc) is 2.74. The van der Waals surface area contributed by atoms with Crippen molar-refractivity contribution in [1.29, 1.82) is 0 Å². The lowest BCUT2D eigenvalue weighted by Gasteiger charge is -2.28. The first-order valence-electron chi connectivity index (χ1n) is 6.24. The van der Waals surface area contributed by atoms with Gasteiger partial charge in [0.2, 0.25) is 0 Å². The smallest absolute Gasteiger partial charge is 0.0521 e. The van der Waals surface area contributed by atoms with Crippen molar-refractivity contribution in [3.05, 3.63) is 18.0 Å². The number of hydrogen-bond donors (Lipinski definition) is 0. The van der Waals surface area contributed by atoms with Crippen molar-refractivity contribution in [2.45, 2.75) is 32.1 Å². The van der Waals surface area contributed by atoms with Gasteiger partial charge in [0.05, 0.1) is 6.20 Å². The van der Waals surface area contributed by atoms with Crippen LogP contribution in [0.4, 0.5) is 0 Å². The third-order valence-electron chi connectivity index (χ3n) is 4.45. The number of aromatic nitrogens is 2. The average molecular weight is 239 g/mol. The Kier molecular flexibility index (Phi) is 2.50. The standard InChI is InChI=1S/C13H19ClN2/c1-16-8-10(7-15-16)2-3-13(9-14)5-11-4-12(11)6-13/h7-8,11-12H,2-6,9H2,1H3. The van der Waals surface area contributed by atoms with Crippen molar-refractivity contribution >= 4 is 11.6 Å². The fourth-order valence-corrected chi connectivity index (χ4v) is 3.75. The SMILES string of the molecule is Cn1cc(CCC2(CCl)CC3CC3C2)cn1. The number of halogens is 1. The zero-order chi connectivity index (χ0) is 11.2. The minimum Gasteiger partial charge on any atom is -0.276 e. The Morgan fingerprint density at radius 1 is 1.50 bits per heavy atom. The molecule has 2 saturated carbocycles. The summed E-state index contributed by atoms with van der Waals surface area (Å²) in [5.74, 6) is 2.89. The molecule has 0 N–H and O–H groups in total. The molecule has 2 nitrogen and oxygen atoms in total. The zero-order valence-corrected chi connectivity index (χ0v) is 10.6. The largest absolute Gasteiger partial charge is 0.276 e. The molecular weight excluding hydrogens is 220 g/mol. The number of fused-ring (bicyclic) bond motifs is 1. The minimum atomic E-state index is 0.449. The molecule has 2 unspecified atom stereocenters. The van der Waals surface area contributed by atoms with E-state index >= 15 is 0 Å². The molecule has 1 aromatic heterocycles. The van der Waals surface area contributed by atoms with Gasteiger partial charge in [0.15, 0.2) is 0 Å². The summed E-state index contributed by atoms with van der Waals surface area (Å²) in [6.45, 7) is 0. The molecule has 0 aromatic carbocycles. The summed E-state index contributed by atoms with van der Waals surface area (Å²) in [6.07, 6.45) is 10.7. The Labute approximate surface area is 102 Å². The van der Waals surface area contributed by atoms with Gasteiger partial charge in [-0.1, -0.05) is 0 Å². The van der Waals surface area contributed by atoms with Crippen molar-refractivity contribution in [2.24, 2.45) is 24.3 Å². The van der Waals surface area contributed by atoms with E-state index in [1.54, 1.807) is 0 Å². The lowest BCUT2D eigenvalue weighted by Crippen LogP contribution is -2.21. The van der Waals surface area contributed by atoms with Gasteiger partial charge in [-0.3, -0.25) is 4.68 Å². The van der Waals surface area contributed by atoms with E-state index in [2.05, 4.69) is 11.3 Å². The van der Waals surface area contributed by atoms with Crippen molar-refractivity contribution in [1.82, 2.24) is 9.78 Å². The first-order valence-corrected chi connectivity index (χ1v) is 6.78. The van der Waals surface area contributed by atoms with Crippen LogP contribution in [0.25, 0.3) is 0 Å². The Hall–Kier alpha value is -0.500. The number of nitrogens with zero attached hydrogens (tertiary/aromatic N) is 2. The number of alkyl halides is 1. The van der Waals surface area contributed by atoms with Crippen molar-refractivity contribution in [3.8, 4) is 0 Å². The second kappa shape index (κ2) is 3.76. The maximum atomic E-state index is 6.20. The Morgan fingerprint density at radius 3 is 2.81 bits per heavy atom. The predicted octanol–water partition coefficient (Wildman–Crippen LogP) is 3.01. The van der Waals surface area contributed by atoms with Gasteiger partial charge in [-0.05, 0) is 54.9 Å². The Balaban J connectivity index is 1.61. The van der Waals surface area contributed by atoms with Crippen LogP contribution in [-0.4, -0.2) is 15.7 Å². The van der Waals surface area contributed by atoms with Gasteiger partial charge in [0, 0.05) is 19.1 Å². The quantitative estimate of drug-likeness (QED) is 0.738. The summed E-state index contributed by atoms with van der Waals surface area (Å²) >= 11 is 6.20. The van der Waals surface area contributed by atoms with Gasteiger partial charge >= 0.3 is 0 Å². The monoisotopic (exact) mass is 238 g/mol. The number of hydrogen-bond acceptors (Lipinski definition) is 1. The summed E-state index contributed by atoms with van der Waals surface area (Å²) < 4.78 is 1.88. The molecule has 3 heteroatoms. The Bertz CT molecular complexity index is 375. The molecule has 2 aliphatic rings. The minimum absolute atomic E-state index is 0.449. The topological polar surface area (TPSA) is 17.8 Å². The summed E-state index contributed by atoms with van der Waals surface area (Å²) in [5, 5.41) is 4.22. The lowest BCUT2D eigenvalue weighted by atomic mass is 9.80. The lowest BCUT2D eigenvalue weighted by molar-refractivity contribution is 0.281. The van der Waals surface area contributed by atoms with Gasteiger partial charge in [-0.15, -0.1) is 11.6 Å². The van der Waals surface area contributed by atoms with Crippen molar-refractivity contribution in [2.75, 3.05) is 5.88 Å². The molecule has 3 rings (SSSR count). The van der Waals surface area contributed by atoms with E-state index in [9.17, 15) is 0 Å². The highest BCUT2D eigenvalue weighted by Crippen LogP contribution is 2.61. The van der Waals surface area contributed by atoms with Crippen LogP contribution in [0.1, 0.15) is 31.2 Å². The molecule has 1 aromatic rings. The molecule has 2 aliphatic carbocycles.